The van der Waals surface area contributed by atoms with E-state index in [4.69, 9.17) is 0 Å². The van der Waals surface area contributed by atoms with Crippen molar-refractivity contribution in [2.75, 3.05) is 18.4 Å². The Balaban J connectivity index is 1.27. The highest BCUT2D eigenvalue weighted by Crippen LogP contribution is 2.36. The third kappa shape index (κ3) is 6.49. The molecule has 3 N–H and O–H groups in total. The molecule has 1 saturated heterocycles. The summed E-state index contributed by atoms with van der Waals surface area (Å²) in [6.45, 7) is 5.58. The molecular formula is C33H37N5O3. The molecule has 1 aromatic heterocycles. The normalized spacial score (nSPS) is 16.9. The molecule has 2 unspecified atom stereocenters. The van der Waals surface area contributed by atoms with Crippen molar-refractivity contribution < 1.29 is 4.79 Å². The van der Waals surface area contributed by atoms with Crippen molar-refractivity contribution in [1.29, 1.82) is 0 Å². The minimum Gasteiger partial charge on any atom is -0.342 e. The Hall–Kier alpha value is -4.43. The van der Waals surface area contributed by atoms with Crippen molar-refractivity contribution in [2.24, 2.45) is 0 Å². The van der Waals surface area contributed by atoms with Crippen molar-refractivity contribution >= 4 is 17.4 Å². The molecule has 1 amide bonds. The molecule has 1 aliphatic rings. The number of carbonyl (C=O) groups is 1. The van der Waals surface area contributed by atoms with Gasteiger partial charge in [-0.1, -0.05) is 73.7 Å². The number of amides is 1. The second-order valence-corrected chi connectivity index (χ2v) is 10.5. The largest absolute Gasteiger partial charge is 0.342 e. The Morgan fingerprint density at radius 3 is 2.34 bits per heavy atom. The van der Waals surface area contributed by atoms with Crippen LogP contribution in [0.3, 0.4) is 0 Å². The summed E-state index contributed by atoms with van der Waals surface area (Å²) in [4.78, 5) is 43.9. The van der Waals surface area contributed by atoms with E-state index >= 15 is 0 Å². The van der Waals surface area contributed by atoms with Crippen LogP contribution in [0.25, 0.3) is 0 Å². The lowest BCUT2D eigenvalue weighted by molar-refractivity contribution is -0.136. The maximum absolute atomic E-state index is 13.6. The molecule has 0 bridgehead atoms. The summed E-state index contributed by atoms with van der Waals surface area (Å²) >= 11 is 0. The fourth-order valence-electron chi connectivity index (χ4n) is 5.65. The van der Waals surface area contributed by atoms with Gasteiger partial charge in [-0.25, -0.2) is 4.79 Å². The molecule has 8 heteroatoms. The van der Waals surface area contributed by atoms with Gasteiger partial charge in [-0.3, -0.25) is 19.1 Å². The van der Waals surface area contributed by atoms with E-state index in [1.165, 1.54) is 17.2 Å². The quantitative estimate of drug-likeness (QED) is 0.276. The summed E-state index contributed by atoms with van der Waals surface area (Å²) in [7, 11) is 0. The highest BCUT2D eigenvalue weighted by molar-refractivity contribution is 5.77. The van der Waals surface area contributed by atoms with E-state index in [1.807, 2.05) is 59.5 Å². The van der Waals surface area contributed by atoms with E-state index in [0.717, 1.165) is 27.8 Å². The van der Waals surface area contributed by atoms with Crippen LogP contribution in [0.15, 0.2) is 94.5 Å². The van der Waals surface area contributed by atoms with Gasteiger partial charge in [0.05, 0.1) is 12.1 Å². The lowest BCUT2D eigenvalue weighted by atomic mass is 9.90. The number of aryl methyl sites for hydroxylation is 2. The Kier molecular flexibility index (Phi) is 8.79. The first kappa shape index (κ1) is 28.1. The number of benzene rings is 3. The summed E-state index contributed by atoms with van der Waals surface area (Å²) in [5.74, 6) is 0.354. The second-order valence-electron chi connectivity index (χ2n) is 10.5. The van der Waals surface area contributed by atoms with Crippen LogP contribution in [0.5, 0.6) is 0 Å². The topological polar surface area (TPSA) is 99.2 Å². The molecule has 5 rings (SSSR count). The standard InChI is InChI=1S/C33H37N5O3/c1-3-24-21-27(17-16-23(24)2)35-28-22-30(40)38(33(41)36-28)19-10-15-29(39)37-20-18-34-31(25-11-6-4-7-12-25)32(37)26-13-8-5-9-14-26/h4-9,11-14,16-17,21-22,31-32,34-35H,3,10,15,18-20H2,1-2H3,(H,36,41). The number of hydrogen-bond acceptors (Lipinski definition) is 5. The second kappa shape index (κ2) is 12.8. The zero-order valence-corrected chi connectivity index (χ0v) is 23.6. The summed E-state index contributed by atoms with van der Waals surface area (Å²) in [6.07, 6.45) is 1.51. The maximum atomic E-state index is 13.6. The monoisotopic (exact) mass is 551 g/mol. The average molecular weight is 552 g/mol. The molecule has 2 heterocycles. The summed E-state index contributed by atoms with van der Waals surface area (Å²) < 4.78 is 1.16. The number of H-pyrrole nitrogens is 1. The molecule has 1 fully saturated rings. The molecular weight excluding hydrogens is 514 g/mol. The van der Waals surface area contributed by atoms with E-state index in [-0.39, 0.29) is 31.0 Å². The van der Waals surface area contributed by atoms with Crippen molar-refractivity contribution in [2.45, 2.75) is 51.7 Å². The summed E-state index contributed by atoms with van der Waals surface area (Å²) in [5.41, 5.74) is 4.50. The Bertz CT molecular complexity index is 1570. The lowest BCUT2D eigenvalue weighted by Gasteiger charge is -2.42. The summed E-state index contributed by atoms with van der Waals surface area (Å²) in [5, 5.41) is 6.74. The number of aromatic amines is 1. The summed E-state index contributed by atoms with van der Waals surface area (Å²) in [6, 6.07) is 27.4. The predicted molar refractivity (Wildman–Crippen MR) is 162 cm³/mol. The fourth-order valence-corrected chi connectivity index (χ4v) is 5.65. The molecule has 0 saturated carbocycles. The van der Waals surface area contributed by atoms with E-state index in [1.54, 1.807) is 0 Å². The molecule has 212 valence electrons. The minimum atomic E-state index is -0.497. The molecule has 0 aliphatic carbocycles. The van der Waals surface area contributed by atoms with Crippen LogP contribution in [0, 0.1) is 6.92 Å². The SMILES string of the molecule is CCc1cc(Nc2cc(=O)n(CCCC(=O)N3CCNC(c4ccccc4)C3c3ccccc3)c(=O)[nH]2)ccc1C. The molecule has 0 spiro atoms. The fraction of sp³-hybridized carbons (Fsp3) is 0.303. The predicted octanol–water partition coefficient (Wildman–Crippen LogP) is 4.85. The number of hydrogen-bond donors (Lipinski definition) is 3. The third-order valence-corrected chi connectivity index (χ3v) is 7.79. The van der Waals surface area contributed by atoms with Crippen LogP contribution in [0.1, 0.15) is 54.1 Å². The first-order valence-corrected chi connectivity index (χ1v) is 14.3. The van der Waals surface area contributed by atoms with Crippen molar-refractivity contribution in [3.8, 4) is 0 Å². The number of rotatable bonds is 9. The number of anilines is 2. The van der Waals surface area contributed by atoms with E-state index in [0.29, 0.717) is 25.3 Å². The van der Waals surface area contributed by atoms with E-state index in [9.17, 15) is 14.4 Å². The number of carbonyl (C=O) groups excluding carboxylic acids is 1. The molecule has 4 aromatic rings. The van der Waals surface area contributed by atoms with Crippen LogP contribution in [-0.4, -0.2) is 33.4 Å². The molecule has 41 heavy (non-hydrogen) atoms. The number of nitrogens with zero attached hydrogens (tertiary/aromatic N) is 2. The van der Waals surface area contributed by atoms with Gasteiger partial charge in [0.1, 0.15) is 5.82 Å². The first-order valence-electron chi connectivity index (χ1n) is 14.3. The Morgan fingerprint density at radius 1 is 0.951 bits per heavy atom. The number of nitrogens with one attached hydrogen (secondary N) is 3. The van der Waals surface area contributed by atoms with Gasteiger partial charge in [-0.05, 0) is 54.2 Å². The van der Waals surface area contributed by atoms with Gasteiger partial charge in [0.15, 0.2) is 0 Å². The van der Waals surface area contributed by atoms with Gasteiger partial charge < -0.3 is 15.5 Å². The van der Waals surface area contributed by atoms with Gasteiger partial charge in [-0.2, -0.15) is 0 Å². The zero-order valence-electron chi connectivity index (χ0n) is 23.6. The smallest absolute Gasteiger partial charge is 0.329 e. The molecule has 8 nitrogen and oxygen atoms in total. The van der Waals surface area contributed by atoms with Crippen LogP contribution >= 0.6 is 0 Å². The molecule has 0 radical (unpaired) electrons. The van der Waals surface area contributed by atoms with Crippen LogP contribution in [0.4, 0.5) is 11.5 Å². The van der Waals surface area contributed by atoms with E-state index in [2.05, 4.69) is 53.7 Å². The molecule has 1 aliphatic heterocycles. The van der Waals surface area contributed by atoms with E-state index < -0.39 is 11.2 Å². The Morgan fingerprint density at radius 2 is 1.66 bits per heavy atom. The molecule has 3 aromatic carbocycles. The van der Waals surface area contributed by atoms with Gasteiger partial charge in [0, 0.05) is 37.8 Å². The number of aromatic nitrogens is 2. The van der Waals surface area contributed by atoms with Crippen LogP contribution in [-0.2, 0) is 17.8 Å². The van der Waals surface area contributed by atoms with Gasteiger partial charge >= 0.3 is 5.69 Å². The van der Waals surface area contributed by atoms with Gasteiger partial charge in [0.2, 0.25) is 5.91 Å². The first-order chi connectivity index (χ1) is 19.9. The maximum Gasteiger partial charge on any atom is 0.329 e. The van der Waals surface area contributed by atoms with Gasteiger partial charge in [0.25, 0.3) is 5.56 Å². The van der Waals surface area contributed by atoms with Gasteiger partial charge in [-0.15, -0.1) is 0 Å². The van der Waals surface area contributed by atoms with Crippen molar-refractivity contribution in [3.63, 3.8) is 0 Å². The van der Waals surface area contributed by atoms with Crippen molar-refractivity contribution in [1.82, 2.24) is 19.8 Å². The molecule has 2 atom stereocenters. The van der Waals surface area contributed by atoms with Crippen LogP contribution in [0.2, 0.25) is 0 Å². The highest BCUT2D eigenvalue weighted by atomic mass is 16.2. The third-order valence-electron chi connectivity index (χ3n) is 7.79. The number of piperazine rings is 1. The minimum absolute atomic E-state index is 0.00940. The van der Waals surface area contributed by atoms with Crippen LogP contribution < -0.4 is 21.9 Å². The lowest BCUT2D eigenvalue weighted by Crippen LogP contribution is -2.50. The average Bonchev–Trinajstić information content (AvgIpc) is 3.00. The zero-order chi connectivity index (χ0) is 28.8. The highest BCUT2D eigenvalue weighted by Gasteiger charge is 2.35. The van der Waals surface area contributed by atoms with Crippen molar-refractivity contribution in [3.05, 3.63) is 128 Å². The Labute approximate surface area is 240 Å².